The third-order valence-corrected chi connectivity index (χ3v) is 12.0. The van der Waals surface area contributed by atoms with Gasteiger partial charge in [0, 0.05) is 19.4 Å². The number of aliphatic hydroxyl groups excluding tert-OH is 1. The van der Waals surface area contributed by atoms with E-state index < -0.39 is 0 Å². The van der Waals surface area contributed by atoms with Crippen molar-refractivity contribution in [2.24, 2.45) is 5.92 Å². The Morgan fingerprint density at radius 2 is 0.821 bits per heavy atom. The second-order valence-corrected chi connectivity index (χ2v) is 17.5. The van der Waals surface area contributed by atoms with Crippen molar-refractivity contribution in [3.05, 3.63) is 0 Å². The van der Waals surface area contributed by atoms with Crippen LogP contribution in [-0.4, -0.2) is 60.4 Å². The molecule has 1 N–H and O–H groups in total. The van der Waals surface area contributed by atoms with Crippen LogP contribution in [-0.2, 0) is 19.1 Å². The molecule has 0 aromatic carbocycles. The van der Waals surface area contributed by atoms with E-state index in [-0.39, 0.29) is 30.8 Å². The Balaban J connectivity index is 4.14. The molecule has 334 valence electrons. The van der Waals surface area contributed by atoms with Crippen LogP contribution in [0.1, 0.15) is 266 Å². The van der Waals surface area contributed by atoms with Gasteiger partial charge in [0.15, 0.2) is 0 Å². The van der Waals surface area contributed by atoms with Crippen molar-refractivity contribution in [1.29, 1.82) is 0 Å². The van der Waals surface area contributed by atoms with Crippen LogP contribution in [0.2, 0.25) is 0 Å². The van der Waals surface area contributed by atoms with Gasteiger partial charge in [-0.3, -0.25) is 9.59 Å². The summed E-state index contributed by atoms with van der Waals surface area (Å²) >= 11 is 0. The van der Waals surface area contributed by atoms with Gasteiger partial charge in [-0.05, 0) is 90.1 Å². The van der Waals surface area contributed by atoms with E-state index >= 15 is 0 Å². The number of aliphatic hydroxyl groups is 1. The molecule has 0 heterocycles. The van der Waals surface area contributed by atoms with Crippen LogP contribution in [0.25, 0.3) is 0 Å². The van der Waals surface area contributed by atoms with Crippen LogP contribution < -0.4 is 0 Å². The maximum absolute atomic E-state index is 12.9. The van der Waals surface area contributed by atoms with E-state index in [1.54, 1.807) is 0 Å². The highest BCUT2D eigenvalue weighted by Gasteiger charge is 2.15. The molecule has 0 saturated heterocycles. The Bertz CT molecular complexity index is 821. The molecule has 0 radical (unpaired) electrons. The summed E-state index contributed by atoms with van der Waals surface area (Å²) in [7, 11) is 0. The molecule has 0 aliphatic carbocycles. The minimum absolute atomic E-state index is 0.0189. The number of hydrogen-bond donors (Lipinski definition) is 1. The minimum Gasteiger partial charge on any atom is -0.463 e. The summed E-state index contributed by atoms with van der Waals surface area (Å²) in [4.78, 5) is 27.5. The van der Waals surface area contributed by atoms with E-state index in [4.69, 9.17) is 9.47 Å². The maximum Gasteiger partial charge on any atom is 0.306 e. The first-order chi connectivity index (χ1) is 27.4. The lowest BCUT2D eigenvalue weighted by atomic mass is 9.92. The fourth-order valence-electron chi connectivity index (χ4n) is 8.18. The van der Waals surface area contributed by atoms with Crippen LogP contribution in [0.5, 0.6) is 0 Å². The van der Waals surface area contributed by atoms with Crippen molar-refractivity contribution in [1.82, 2.24) is 4.90 Å². The van der Waals surface area contributed by atoms with Crippen LogP contribution >= 0.6 is 0 Å². The van der Waals surface area contributed by atoms with Crippen LogP contribution in [0, 0.1) is 5.92 Å². The molecule has 0 aromatic heterocycles. The molecule has 3 atom stereocenters. The zero-order valence-corrected chi connectivity index (χ0v) is 38.5. The average molecular weight is 794 g/mol. The predicted octanol–water partition coefficient (Wildman–Crippen LogP) is 14.9. The summed E-state index contributed by atoms with van der Waals surface area (Å²) in [6, 6.07) is 0. The van der Waals surface area contributed by atoms with Crippen molar-refractivity contribution in [3.63, 3.8) is 0 Å². The summed E-state index contributed by atoms with van der Waals surface area (Å²) in [6.07, 6.45) is 42.4. The van der Waals surface area contributed by atoms with Gasteiger partial charge in [0.25, 0.3) is 0 Å². The van der Waals surface area contributed by atoms with Crippen molar-refractivity contribution in [3.8, 4) is 0 Å². The van der Waals surface area contributed by atoms with E-state index in [1.807, 2.05) is 6.92 Å². The molecule has 0 aliphatic rings. The number of ether oxygens (including phenoxy) is 2. The molecule has 6 nitrogen and oxygen atoms in total. The van der Waals surface area contributed by atoms with Gasteiger partial charge < -0.3 is 19.5 Å². The van der Waals surface area contributed by atoms with Gasteiger partial charge in [0.1, 0.15) is 6.10 Å². The maximum atomic E-state index is 12.9. The zero-order chi connectivity index (χ0) is 41.2. The third-order valence-electron chi connectivity index (χ3n) is 12.0. The van der Waals surface area contributed by atoms with E-state index in [0.717, 1.165) is 103 Å². The Morgan fingerprint density at radius 1 is 0.446 bits per heavy atom. The third kappa shape index (κ3) is 38.4. The molecule has 0 rings (SSSR count). The molecule has 0 amide bonds. The van der Waals surface area contributed by atoms with E-state index in [2.05, 4.69) is 32.6 Å². The van der Waals surface area contributed by atoms with Crippen molar-refractivity contribution in [2.45, 2.75) is 278 Å². The lowest BCUT2D eigenvalue weighted by molar-refractivity contribution is -0.150. The molecule has 0 aromatic rings. The van der Waals surface area contributed by atoms with Gasteiger partial charge in [0.05, 0.1) is 12.7 Å². The van der Waals surface area contributed by atoms with Crippen LogP contribution in [0.15, 0.2) is 0 Å². The highest BCUT2D eigenvalue weighted by molar-refractivity contribution is 5.69. The Morgan fingerprint density at radius 3 is 1.32 bits per heavy atom. The largest absolute Gasteiger partial charge is 0.463 e. The number of rotatable bonds is 45. The SMILES string of the molecule is CCCCCCCCC(CCCCCC(CC)CCCCC)OC(=O)CCCCCCCN(CCO)CCCCCCCC(=O)O[C@H](C)CCCCCCCC. The normalized spacial score (nSPS) is 13.3. The topological polar surface area (TPSA) is 76.1 Å². The van der Waals surface area contributed by atoms with Gasteiger partial charge in [-0.25, -0.2) is 0 Å². The average Bonchev–Trinajstić information content (AvgIpc) is 3.18. The first-order valence-corrected chi connectivity index (χ1v) is 25.1. The van der Waals surface area contributed by atoms with Gasteiger partial charge >= 0.3 is 11.9 Å². The summed E-state index contributed by atoms with van der Waals surface area (Å²) in [5.41, 5.74) is 0. The molecule has 56 heavy (non-hydrogen) atoms. The number of carbonyl (C=O) groups excluding carboxylic acids is 2. The van der Waals surface area contributed by atoms with Crippen LogP contribution in [0.3, 0.4) is 0 Å². The summed E-state index contributed by atoms with van der Waals surface area (Å²) < 4.78 is 11.7. The molecule has 0 fully saturated rings. The summed E-state index contributed by atoms with van der Waals surface area (Å²) in [5, 5.41) is 9.60. The van der Waals surface area contributed by atoms with Crippen LogP contribution in [0.4, 0.5) is 0 Å². The Kier molecular flexibility index (Phi) is 42.6. The quantitative estimate of drug-likeness (QED) is 0.0489. The van der Waals surface area contributed by atoms with Gasteiger partial charge in [-0.2, -0.15) is 0 Å². The number of nitrogens with zero attached hydrogens (tertiary/aromatic N) is 1. The fraction of sp³-hybridized carbons (Fsp3) is 0.960. The molecule has 0 spiro atoms. The smallest absolute Gasteiger partial charge is 0.306 e. The first-order valence-electron chi connectivity index (χ1n) is 25.1. The Hall–Kier alpha value is -1.14. The lowest BCUT2D eigenvalue weighted by Crippen LogP contribution is -2.29. The van der Waals surface area contributed by atoms with Crippen molar-refractivity contribution >= 4 is 11.9 Å². The van der Waals surface area contributed by atoms with Crippen molar-refractivity contribution in [2.75, 3.05) is 26.2 Å². The second-order valence-electron chi connectivity index (χ2n) is 17.5. The minimum atomic E-state index is -0.0328. The highest BCUT2D eigenvalue weighted by atomic mass is 16.5. The molecular weight excluding hydrogens is 695 g/mol. The second kappa shape index (κ2) is 43.4. The number of carbonyl (C=O) groups is 2. The van der Waals surface area contributed by atoms with E-state index in [1.165, 1.54) is 141 Å². The van der Waals surface area contributed by atoms with E-state index in [0.29, 0.717) is 12.8 Å². The predicted molar refractivity (Wildman–Crippen MR) is 241 cm³/mol. The molecule has 0 bridgehead atoms. The highest BCUT2D eigenvalue weighted by Crippen LogP contribution is 2.23. The lowest BCUT2D eigenvalue weighted by Gasteiger charge is -2.21. The number of unbranched alkanes of at least 4 members (excludes halogenated alkanes) is 22. The molecule has 0 saturated carbocycles. The number of esters is 2. The molecule has 0 aliphatic heterocycles. The first kappa shape index (κ1) is 54.9. The molecule has 6 heteroatoms. The summed E-state index contributed by atoms with van der Waals surface area (Å²) in [6.45, 7) is 14.2. The number of hydrogen-bond acceptors (Lipinski definition) is 6. The summed E-state index contributed by atoms with van der Waals surface area (Å²) in [5.74, 6) is 0.878. The molecular formula is C50H99NO5. The fourth-order valence-corrected chi connectivity index (χ4v) is 8.18. The van der Waals surface area contributed by atoms with Crippen molar-refractivity contribution < 1.29 is 24.2 Å². The van der Waals surface area contributed by atoms with Gasteiger partial charge in [0.2, 0.25) is 0 Å². The standard InChI is InChI=1S/C50H99NO5/c1-6-10-13-15-19-27-35-46(5)55-49(53)40-31-21-17-23-33-42-51(44-45-52)43-34-24-18-22-32-41-50(54)56-48(38-29-20-16-14-11-7-2)39-30-25-28-37-47(9-4)36-26-12-8-3/h46-48,52H,6-45H2,1-5H3/t46-,47?,48?/m1/s1. The monoisotopic (exact) mass is 794 g/mol. The van der Waals surface area contributed by atoms with Gasteiger partial charge in [-0.15, -0.1) is 0 Å². The Labute approximate surface area is 350 Å². The zero-order valence-electron chi connectivity index (χ0n) is 38.5. The van der Waals surface area contributed by atoms with Gasteiger partial charge in [-0.1, -0.05) is 182 Å². The molecule has 2 unspecified atom stereocenters. The van der Waals surface area contributed by atoms with E-state index in [9.17, 15) is 14.7 Å².